The standard InChI is InChI=1S/C31H35ClN2O3/c1-4-29-31(36,21-9-12-23(32)13-10-21)15-18-34(29)17-6-8-24-25-7-5-16-33-27(25)20-37-28-14-11-22(19-26(24)28)30(2,3)35/h5,7-14,16,19,29,35-36H,4,6,15,17-18,20H2,1-3H3/b24-8+. The van der Waals surface area contributed by atoms with Crippen LogP contribution in [0.1, 0.15) is 68.0 Å². The fourth-order valence-electron chi connectivity index (χ4n) is 5.81. The Morgan fingerprint density at radius 3 is 2.68 bits per heavy atom. The van der Waals surface area contributed by atoms with Gasteiger partial charge in [-0.15, -0.1) is 0 Å². The van der Waals surface area contributed by atoms with Gasteiger partial charge in [0.2, 0.25) is 0 Å². The van der Waals surface area contributed by atoms with Crippen LogP contribution in [-0.2, 0) is 17.8 Å². The van der Waals surface area contributed by atoms with Crippen molar-refractivity contribution in [3.05, 3.63) is 99.8 Å². The van der Waals surface area contributed by atoms with Crippen molar-refractivity contribution < 1.29 is 14.9 Å². The first-order valence-corrected chi connectivity index (χ1v) is 13.5. The number of fused-ring (bicyclic) bond motifs is 2. The van der Waals surface area contributed by atoms with E-state index in [1.807, 2.05) is 48.5 Å². The first-order chi connectivity index (χ1) is 17.7. The minimum absolute atomic E-state index is 0.0348. The fourth-order valence-corrected chi connectivity index (χ4v) is 5.93. The number of rotatable bonds is 6. The Hall–Kier alpha value is -2.70. The van der Waals surface area contributed by atoms with Crippen molar-refractivity contribution >= 4 is 17.2 Å². The summed E-state index contributed by atoms with van der Waals surface area (Å²) in [6, 6.07) is 17.6. The quantitative estimate of drug-likeness (QED) is 0.416. The Kier molecular flexibility index (Phi) is 7.16. The number of halogens is 1. The smallest absolute Gasteiger partial charge is 0.131 e. The highest BCUT2D eigenvalue weighted by atomic mass is 35.5. The fraction of sp³-hybridized carbons (Fsp3) is 0.387. The van der Waals surface area contributed by atoms with Gasteiger partial charge >= 0.3 is 0 Å². The van der Waals surface area contributed by atoms with E-state index in [2.05, 4.69) is 29.0 Å². The molecular formula is C31H35ClN2O3. The summed E-state index contributed by atoms with van der Waals surface area (Å²) in [5.74, 6) is 0.793. The number of benzene rings is 2. The maximum atomic E-state index is 11.7. The Balaban J connectivity index is 1.44. The predicted molar refractivity (Wildman–Crippen MR) is 148 cm³/mol. The van der Waals surface area contributed by atoms with Crippen molar-refractivity contribution in [2.24, 2.45) is 0 Å². The minimum Gasteiger partial charge on any atom is -0.487 e. The largest absolute Gasteiger partial charge is 0.487 e. The van der Waals surface area contributed by atoms with Crippen molar-refractivity contribution in [2.75, 3.05) is 13.1 Å². The zero-order chi connectivity index (χ0) is 26.2. The average Bonchev–Trinajstić information content (AvgIpc) is 3.12. The molecule has 194 valence electrons. The third kappa shape index (κ3) is 5.06. The van der Waals surface area contributed by atoms with E-state index in [1.54, 1.807) is 20.0 Å². The lowest BCUT2D eigenvalue weighted by atomic mass is 9.85. The van der Waals surface area contributed by atoms with Crippen LogP contribution in [0.15, 0.2) is 66.9 Å². The second-order valence-corrected chi connectivity index (χ2v) is 11.0. The number of nitrogens with zero attached hydrogens (tertiary/aromatic N) is 2. The summed E-state index contributed by atoms with van der Waals surface area (Å²) >= 11 is 6.10. The zero-order valence-electron chi connectivity index (χ0n) is 21.7. The molecule has 2 N–H and O–H groups in total. The molecular weight excluding hydrogens is 484 g/mol. The lowest BCUT2D eigenvalue weighted by Crippen LogP contribution is -2.42. The van der Waals surface area contributed by atoms with Gasteiger partial charge in [-0.3, -0.25) is 9.88 Å². The second kappa shape index (κ2) is 10.2. The predicted octanol–water partition coefficient (Wildman–Crippen LogP) is 6.05. The molecule has 0 saturated carbocycles. The third-order valence-corrected chi connectivity index (χ3v) is 8.04. The van der Waals surface area contributed by atoms with Crippen LogP contribution in [0.4, 0.5) is 0 Å². The van der Waals surface area contributed by atoms with Gasteiger partial charge in [-0.25, -0.2) is 0 Å². The maximum absolute atomic E-state index is 11.7. The average molecular weight is 519 g/mol. The molecule has 1 fully saturated rings. The first kappa shape index (κ1) is 25.9. The number of ether oxygens (including phenoxy) is 1. The van der Waals surface area contributed by atoms with Crippen LogP contribution in [0.5, 0.6) is 5.75 Å². The molecule has 5 rings (SSSR count). The lowest BCUT2D eigenvalue weighted by molar-refractivity contribution is -0.00239. The molecule has 37 heavy (non-hydrogen) atoms. The van der Waals surface area contributed by atoms with E-state index < -0.39 is 11.2 Å². The molecule has 6 heteroatoms. The summed E-state index contributed by atoms with van der Waals surface area (Å²) in [6.45, 7) is 7.80. The molecule has 2 atom stereocenters. The number of aliphatic hydroxyl groups is 2. The van der Waals surface area contributed by atoms with Gasteiger partial charge in [0.1, 0.15) is 18.0 Å². The highest BCUT2D eigenvalue weighted by Crippen LogP contribution is 2.41. The molecule has 3 heterocycles. The van der Waals surface area contributed by atoms with Gasteiger partial charge in [-0.2, -0.15) is 0 Å². The van der Waals surface area contributed by atoms with Gasteiger partial charge in [-0.05, 0) is 80.1 Å². The van der Waals surface area contributed by atoms with Gasteiger partial charge in [0.15, 0.2) is 0 Å². The van der Waals surface area contributed by atoms with E-state index in [-0.39, 0.29) is 6.04 Å². The minimum atomic E-state index is -0.958. The summed E-state index contributed by atoms with van der Waals surface area (Å²) < 4.78 is 6.13. The molecule has 0 bridgehead atoms. The molecule has 0 amide bonds. The van der Waals surface area contributed by atoms with Gasteiger partial charge in [0.25, 0.3) is 0 Å². The molecule has 0 radical (unpaired) electrons. The molecule has 0 aliphatic carbocycles. The number of hydrogen-bond donors (Lipinski definition) is 2. The van der Waals surface area contributed by atoms with Crippen LogP contribution in [0.25, 0.3) is 5.57 Å². The van der Waals surface area contributed by atoms with Crippen LogP contribution in [0, 0.1) is 0 Å². The molecule has 5 nitrogen and oxygen atoms in total. The van der Waals surface area contributed by atoms with Crippen LogP contribution < -0.4 is 4.74 Å². The first-order valence-electron chi connectivity index (χ1n) is 13.1. The Morgan fingerprint density at radius 2 is 1.95 bits per heavy atom. The van der Waals surface area contributed by atoms with Gasteiger partial charge in [0, 0.05) is 41.5 Å². The van der Waals surface area contributed by atoms with Crippen molar-refractivity contribution in [1.29, 1.82) is 0 Å². The van der Waals surface area contributed by atoms with Crippen LogP contribution in [-0.4, -0.2) is 39.2 Å². The Morgan fingerprint density at radius 1 is 1.16 bits per heavy atom. The lowest BCUT2D eigenvalue weighted by Gasteiger charge is -2.34. The van der Waals surface area contributed by atoms with Crippen LogP contribution >= 0.6 is 11.6 Å². The molecule has 2 aromatic carbocycles. The Labute approximate surface area is 224 Å². The summed E-state index contributed by atoms with van der Waals surface area (Å²) in [6.07, 6.45) is 6.42. The number of aromatic nitrogens is 1. The molecule has 2 unspecified atom stereocenters. The summed E-state index contributed by atoms with van der Waals surface area (Å²) in [4.78, 5) is 6.99. The monoisotopic (exact) mass is 518 g/mol. The second-order valence-electron chi connectivity index (χ2n) is 10.6. The van der Waals surface area contributed by atoms with Crippen molar-refractivity contribution in [1.82, 2.24) is 9.88 Å². The molecule has 1 saturated heterocycles. The molecule has 2 aliphatic rings. The van der Waals surface area contributed by atoms with Crippen molar-refractivity contribution in [3.8, 4) is 5.75 Å². The van der Waals surface area contributed by atoms with Crippen molar-refractivity contribution in [2.45, 2.75) is 63.9 Å². The molecule has 1 aromatic heterocycles. The van der Waals surface area contributed by atoms with E-state index >= 15 is 0 Å². The SMILES string of the molecule is CCC1N(CC/C=C2/c3cc(C(C)(C)O)ccc3OCc3ncccc32)CCC1(O)c1ccc(Cl)cc1. The number of likely N-dealkylation sites (tertiary alicyclic amines) is 1. The summed E-state index contributed by atoms with van der Waals surface area (Å²) in [7, 11) is 0. The molecule has 3 aromatic rings. The number of pyridine rings is 1. The van der Waals surface area contributed by atoms with Gasteiger partial charge in [0.05, 0.1) is 11.3 Å². The normalized spacial score (nSPS) is 22.9. The van der Waals surface area contributed by atoms with E-state index in [9.17, 15) is 10.2 Å². The van der Waals surface area contributed by atoms with Crippen molar-refractivity contribution in [3.63, 3.8) is 0 Å². The van der Waals surface area contributed by atoms with Crippen LogP contribution in [0.3, 0.4) is 0 Å². The van der Waals surface area contributed by atoms with E-state index in [0.717, 1.165) is 65.2 Å². The van der Waals surface area contributed by atoms with E-state index in [1.165, 1.54) is 0 Å². The number of hydrogen-bond acceptors (Lipinski definition) is 5. The zero-order valence-corrected chi connectivity index (χ0v) is 22.5. The van der Waals surface area contributed by atoms with Gasteiger partial charge < -0.3 is 14.9 Å². The third-order valence-electron chi connectivity index (χ3n) is 7.79. The highest BCUT2D eigenvalue weighted by molar-refractivity contribution is 6.30. The van der Waals surface area contributed by atoms with Gasteiger partial charge in [-0.1, -0.05) is 48.9 Å². The van der Waals surface area contributed by atoms with E-state index in [4.69, 9.17) is 16.3 Å². The summed E-state index contributed by atoms with van der Waals surface area (Å²) in [5, 5.41) is 23.0. The topological polar surface area (TPSA) is 65.8 Å². The Bertz CT molecular complexity index is 1300. The van der Waals surface area contributed by atoms with E-state index in [0.29, 0.717) is 18.1 Å². The molecule has 0 spiro atoms. The highest BCUT2D eigenvalue weighted by Gasteiger charge is 2.45. The molecule has 2 aliphatic heterocycles. The maximum Gasteiger partial charge on any atom is 0.131 e. The van der Waals surface area contributed by atoms with Crippen LogP contribution in [0.2, 0.25) is 5.02 Å². The summed E-state index contributed by atoms with van der Waals surface area (Å²) in [5.41, 5.74) is 3.93.